The number of carbonyl (C=O) groups is 2. The Labute approximate surface area is 217 Å². The van der Waals surface area contributed by atoms with Crippen LogP contribution in [-0.4, -0.2) is 24.2 Å². The Kier molecular flexibility index (Phi) is 8.26. The lowest BCUT2D eigenvalue weighted by Gasteiger charge is -2.13. The number of hydrogen-bond acceptors (Lipinski definition) is 5. The molecule has 0 aromatic heterocycles. The zero-order valence-electron chi connectivity index (χ0n) is 19.4. The van der Waals surface area contributed by atoms with E-state index in [4.69, 9.17) is 9.47 Å². The topological polar surface area (TPSA) is 77.0 Å². The number of rotatable bonds is 8. The molecular formula is C29H23BrN2O4. The molecule has 6 nitrogen and oxygen atoms in total. The van der Waals surface area contributed by atoms with Crippen LogP contribution < -0.4 is 14.9 Å². The summed E-state index contributed by atoms with van der Waals surface area (Å²) < 4.78 is 12.0. The number of halogens is 1. The number of nitrogens with zero attached hydrogens (tertiary/aromatic N) is 1. The fraction of sp³-hybridized carbons (Fsp3) is 0.0690. The number of nitrogens with one attached hydrogen (secondary N) is 1. The number of hydrogen-bond donors (Lipinski definition) is 1. The van der Waals surface area contributed by atoms with E-state index in [0.29, 0.717) is 17.1 Å². The van der Waals surface area contributed by atoms with E-state index in [1.54, 1.807) is 55.5 Å². The first kappa shape index (κ1) is 24.9. The predicted molar refractivity (Wildman–Crippen MR) is 143 cm³/mol. The molecule has 0 aliphatic heterocycles. The Morgan fingerprint density at radius 2 is 1.42 bits per heavy atom. The van der Waals surface area contributed by atoms with Gasteiger partial charge in [0, 0.05) is 4.47 Å². The number of benzene rings is 4. The second kappa shape index (κ2) is 12.0. The zero-order valence-corrected chi connectivity index (χ0v) is 21.0. The maximum absolute atomic E-state index is 12.3. The highest BCUT2D eigenvalue weighted by Crippen LogP contribution is 2.22. The molecule has 0 aliphatic rings. The van der Waals surface area contributed by atoms with Gasteiger partial charge in [0.25, 0.3) is 5.91 Å². The quantitative estimate of drug-likeness (QED) is 0.123. The molecular weight excluding hydrogens is 520 g/mol. The number of amides is 1. The van der Waals surface area contributed by atoms with Gasteiger partial charge < -0.3 is 9.47 Å². The summed E-state index contributed by atoms with van der Waals surface area (Å²) >= 11 is 3.33. The first-order valence-electron chi connectivity index (χ1n) is 11.2. The van der Waals surface area contributed by atoms with Gasteiger partial charge >= 0.3 is 5.97 Å². The molecule has 36 heavy (non-hydrogen) atoms. The fourth-order valence-corrected chi connectivity index (χ4v) is 3.51. The maximum Gasteiger partial charge on any atom is 0.343 e. The van der Waals surface area contributed by atoms with Gasteiger partial charge in [-0.15, -0.1) is 0 Å². The van der Waals surface area contributed by atoms with Crippen LogP contribution in [-0.2, 0) is 4.79 Å². The SMILES string of the molecule is C[C@H](Oc1ccc(-c2ccccc2)cc1)C(=O)N/N=C\c1ccc(OC(=O)c2ccc(Br)cc2)cc1. The van der Waals surface area contributed by atoms with Crippen LogP contribution >= 0.6 is 15.9 Å². The highest BCUT2D eigenvalue weighted by molar-refractivity contribution is 9.10. The van der Waals surface area contributed by atoms with Crippen molar-refractivity contribution < 1.29 is 19.1 Å². The molecule has 0 spiro atoms. The van der Waals surface area contributed by atoms with Crippen molar-refractivity contribution in [1.82, 2.24) is 5.43 Å². The van der Waals surface area contributed by atoms with Crippen molar-refractivity contribution in [2.75, 3.05) is 0 Å². The molecule has 1 atom stereocenters. The molecule has 0 saturated heterocycles. The van der Waals surface area contributed by atoms with Crippen LogP contribution in [0.15, 0.2) is 113 Å². The Morgan fingerprint density at radius 1 is 0.806 bits per heavy atom. The molecule has 0 heterocycles. The minimum atomic E-state index is -0.731. The summed E-state index contributed by atoms with van der Waals surface area (Å²) in [5.41, 5.74) is 5.84. The molecule has 4 aromatic rings. The molecule has 4 rings (SSSR count). The highest BCUT2D eigenvalue weighted by atomic mass is 79.9. The molecule has 1 N–H and O–H groups in total. The Morgan fingerprint density at radius 3 is 2.08 bits per heavy atom. The van der Waals surface area contributed by atoms with Gasteiger partial charge in [-0.1, -0.05) is 58.4 Å². The van der Waals surface area contributed by atoms with E-state index in [1.165, 1.54) is 6.21 Å². The van der Waals surface area contributed by atoms with Crippen molar-refractivity contribution in [3.8, 4) is 22.6 Å². The molecule has 180 valence electrons. The molecule has 0 fully saturated rings. The first-order valence-corrected chi connectivity index (χ1v) is 12.0. The van der Waals surface area contributed by atoms with Gasteiger partial charge in [-0.3, -0.25) is 4.79 Å². The number of esters is 1. The van der Waals surface area contributed by atoms with Crippen molar-refractivity contribution in [3.63, 3.8) is 0 Å². The summed E-state index contributed by atoms with van der Waals surface area (Å²) in [6.07, 6.45) is 0.768. The molecule has 0 saturated carbocycles. The van der Waals surface area contributed by atoms with E-state index in [1.807, 2.05) is 54.6 Å². The Balaban J connectivity index is 1.25. The largest absolute Gasteiger partial charge is 0.481 e. The van der Waals surface area contributed by atoms with Crippen molar-refractivity contribution in [3.05, 3.63) is 119 Å². The van der Waals surface area contributed by atoms with Crippen molar-refractivity contribution in [2.24, 2.45) is 5.10 Å². The molecule has 4 aromatic carbocycles. The lowest BCUT2D eigenvalue weighted by Crippen LogP contribution is -2.33. The van der Waals surface area contributed by atoms with Crippen LogP contribution in [0.5, 0.6) is 11.5 Å². The van der Waals surface area contributed by atoms with Crippen LogP contribution in [0.25, 0.3) is 11.1 Å². The summed E-state index contributed by atoms with van der Waals surface area (Å²) in [7, 11) is 0. The Bertz CT molecular complexity index is 1340. The third-order valence-corrected chi connectivity index (χ3v) is 5.73. The second-order valence-corrected chi connectivity index (χ2v) is 8.77. The van der Waals surface area contributed by atoms with Crippen molar-refractivity contribution in [2.45, 2.75) is 13.0 Å². The minimum absolute atomic E-state index is 0.376. The summed E-state index contributed by atoms with van der Waals surface area (Å²) in [5.74, 6) is 0.178. The summed E-state index contributed by atoms with van der Waals surface area (Å²) in [6.45, 7) is 1.66. The third-order valence-electron chi connectivity index (χ3n) is 5.20. The van der Waals surface area contributed by atoms with E-state index in [0.717, 1.165) is 21.2 Å². The highest BCUT2D eigenvalue weighted by Gasteiger charge is 2.14. The molecule has 7 heteroatoms. The van der Waals surface area contributed by atoms with E-state index in [2.05, 4.69) is 26.5 Å². The summed E-state index contributed by atoms with van der Waals surface area (Å²) in [5, 5.41) is 3.99. The minimum Gasteiger partial charge on any atom is -0.481 e. The van der Waals surface area contributed by atoms with Crippen molar-refractivity contribution >= 4 is 34.0 Å². The monoisotopic (exact) mass is 542 g/mol. The fourth-order valence-electron chi connectivity index (χ4n) is 3.25. The van der Waals surface area contributed by atoms with Crippen LogP contribution in [0.3, 0.4) is 0 Å². The van der Waals surface area contributed by atoms with E-state index >= 15 is 0 Å². The zero-order chi connectivity index (χ0) is 25.3. The van der Waals surface area contributed by atoms with Gasteiger partial charge in [-0.05, 0) is 84.3 Å². The van der Waals surface area contributed by atoms with Gasteiger partial charge in [-0.2, -0.15) is 5.10 Å². The number of carbonyl (C=O) groups excluding carboxylic acids is 2. The summed E-state index contributed by atoms with van der Waals surface area (Å²) in [6, 6.07) is 31.3. The number of ether oxygens (including phenoxy) is 2. The van der Waals surface area contributed by atoms with Gasteiger partial charge in [0.05, 0.1) is 11.8 Å². The second-order valence-electron chi connectivity index (χ2n) is 7.85. The predicted octanol–water partition coefficient (Wildman–Crippen LogP) is 6.25. The van der Waals surface area contributed by atoms with Gasteiger partial charge in [-0.25, -0.2) is 10.2 Å². The lowest BCUT2D eigenvalue weighted by molar-refractivity contribution is -0.127. The van der Waals surface area contributed by atoms with Crippen molar-refractivity contribution in [1.29, 1.82) is 0 Å². The molecule has 0 unspecified atom stereocenters. The maximum atomic E-state index is 12.3. The van der Waals surface area contributed by atoms with E-state index in [-0.39, 0.29) is 5.91 Å². The normalized spacial score (nSPS) is 11.6. The van der Waals surface area contributed by atoms with Crippen LogP contribution in [0.1, 0.15) is 22.8 Å². The molecule has 0 aliphatic carbocycles. The molecule has 1 amide bonds. The smallest absolute Gasteiger partial charge is 0.343 e. The first-order chi connectivity index (χ1) is 17.5. The van der Waals surface area contributed by atoms with Crippen LogP contribution in [0.2, 0.25) is 0 Å². The molecule has 0 bridgehead atoms. The third kappa shape index (κ3) is 6.90. The van der Waals surface area contributed by atoms with Crippen LogP contribution in [0, 0.1) is 0 Å². The summed E-state index contributed by atoms with van der Waals surface area (Å²) in [4.78, 5) is 24.6. The lowest BCUT2D eigenvalue weighted by atomic mass is 10.1. The average Bonchev–Trinajstić information content (AvgIpc) is 2.91. The van der Waals surface area contributed by atoms with Gasteiger partial charge in [0.15, 0.2) is 6.10 Å². The van der Waals surface area contributed by atoms with Crippen LogP contribution in [0.4, 0.5) is 0 Å². The van der Waals surface area contributed by atoms with Gasteiger partial charge in [0.1, 0.15) is 11.5 Å². The standard InChI is InChI=1S/C29H23BrN2O4/c1-20(35-26-17-11-23(12-18-26)22-5-3-2-4-6-22)28(33)32-31-19-21-7-15-27(16-8-21)36-29(34)24-9-13-25(30)14-10-24/h2-20H,1H3,(H,32,33)/b31-19-/t20-/m0/s1. The van der Waals surface area contributed by atoms with Gasteiger partial charge in [0.2, 0.25) is 0 Å². The number of hydrazone groups is 1. The Hall–Kier alpha value is -4.23. The van der Waals surface area contributed by atoms with E-state index in [9.17, 15) is 9.59 Å². The van der Waals surface area contributed by atoms with E-state index < -0.39 is 12.1 Å². The molecule has 0 radical (unpaired) electrons. The average molecular weight is 543 g/mol.